The van der Waals surface area contributed by atoms with Crippen molar-refractivity contribution in [1.29, 1.82) is 0 Å². The van der Waals surface area contributed by atoms with Crippen LogP contribution in [0.5, 0.6) is 0 Å². The molecule has 1 aromatic carbocycles. The van der Waals surface area contributed by atoms with Gasteiger partial charge in [0.25, 0.3) is 0 Å². The Bertz CT molecular complexity index is 671. The first-order valence-corrected chi connectivity index (χ1v) is 5.52. The summed E-state index contributed by atoms with van der Waals surface area (Å²) < 4.78 is 1.78. The fourth-order valence-corrected chi connectivity index (χ4v) is 2.16. The van der Waals surface area contributed by atoms with Crippen molar-refractivity contribution in [2.24, 2.45) is 7.05 Å². The van der Waals surface area contributed by atoms with Crippen molar-refractivity contribution in [1.82, 2.24) is 14.8 Å². The number of aryl methyl sites for hydroxylation is 2. The Morgan fingerprint density at radius 2 is 2.12 bits per heavy atom. The number of aromatic amines is 1. The Morgan fingerprint density at radius 3 is 2.82 bits per heavy atom. The monoisotopic (exact) mass is 226 g/mol. The van der Waals surface area contributed by atoms with Crippen LogP contribution >= 0.6 is 0 Å². The van der Waals surface area contributed by atoms with E-state index in [4.69, 9.17) is 5.73 Å². The normalized spacial score (nSPS) is 11.2. The van der Waals surface area contributed by atoms with Gasteiger partial charge in [-0.1, -0.05) is 11.6 Å². The zero-order valence-corrected chi connectivity index (χ0v) is 9.86. The zero-order valence-electron chi connectivity index (χ0n) is 9.86. The van der Waals surface area contributed by atoms with E-state index in [9.17, 15) is 0 Å². The number of nitrogen functional groups attached to an aromatic ring is 1. The number of anilines is 1. The molecule has 0 atom stereocenters. The van der Waals surface area contributed by atoms with E-state index in [-0.39, 0.29) is 0 Å². The van der Waals surface area contributed by atoms with Gasteiger partial charge in [-0.05, 0) is 25.1 Å². The van der Waals surface area contributed by atoms with E-state index in [1.807, 2.05) is 7.05 Å². The molecule has 4 nitrogen and oxygen atoms in total. The summed E-state index contributed by atoms with van der Waals surface area (Å²) in [6.07, 6.45) is 1.67. The Balaban J connectivity index is 2.25. The van der Waals surface area contributed by atoms with Crippen LogP contribution in [-0.4, -0.2) is 14.8 Å². The highest BCUT2D eigenvalue weighted by Gasteiger charge is 2.10. The number of rotatable bonds is 1. The molecule has 0 bridgehead atoms. The fourth-order valence-electron chi connectivity index (χ4n) is 2.16. The molecule has 0 aliphatic carbocycles. The second-order valence-electron chi connectivity index (χ2n) is 4.35. The average molecular weight is 226 g/mol. The maximum atomic E-state index is 5.92. The highest BCUT2D eigenvalue weighted by molar-refractivity contribution is 5.87. The molecule has 0 saturated heterocycles. The van der Waals surface area contributed by atoms with Crippen molar-refractivity contribution in [2.45, 2.75) is 6.92 Å². The number of aromatic nitrogens is 3. The van der Waals surface area contributed by atoms with Crippen LogP contribution in [0.1, 0.15) is 5.56 Å². The van der Waals surface area contributed by atoms with Gasteiger partial charge in [-0.25, -0.2) is 0 Å². The van der Waals surface area contributed by atoms with E-state index in [0.29, 0.717) is 5.69 Å². The summed E-state index contributed by atoms with van der Waals surface area (Å²) in [7, 11) is 1.89. The summed E-state index contributed by atoms with van der Waals surface area (Å²) in [4.78, 5) is 3.37. The van der Waals surface area contributed by atoms with Crippen LogP contribution in [0.25, 0.3) is 22.3 Å². The van der Waals surface area contributed by atoms with E-state index in [0.717, 1.165) is 16.9 Å². The summed E-state index contributed by atoms with van der Waals surface area (Å²) in [6, 6.07) is 8.44. The standard InChI is InChI=1S/C13H14N4/c1-8-3-4-11-9(5-8)6-12(16-11)13-10(14)7-15-17(13)2/h3-7,16H,14H2,1-2H3. The molecule has 2 heterocycles. The molecule has 0 saturated carbocycles. The predicted octanol–water partition coefficient (Wildman–Crippen LogP) is 2.46. The minimum absolute atomic E-state index is 0.691. The number of hydrogen-bond donors (Lipinski definition) is 2. The molecular weight excluding hydrogens is 212 g/mol. The molecule has 0 aliphatic heterocycles. The Hall–Kier alpha value is -2.23. The molecule has 0 spiro atoms. The lowest BCUT2D eigenvalue weighted by Crippen LogP contribution is -1.95. The largest absolute Gasteiger partial charge is 0.396 e. The minimum Gasteiger partial charge on any atom is -0.396 e. The maximum Gasteiger partial charge on any atom is 0.107 e. The second kappa shape index (κ2) is 3.38. The quantitative estimate of drug-likeness (QED) is 0.669. The van der Waals surface area contributed by atoms with E-state index in [1.165, 1.54) is 10.9 Å². The lowest BCUT2D eigenvalue weighted by molar-refractivity contribution is 0.774. The highest BCUT2D eigenvalue weighted by atomic mass is 15.3. The molecule has 2 aromatic heterocycles. The number of benzene rings is 1. The van der Waals surface area contributed by atoms with Crippen molar-refractivity contribution in [2.75, 3.05) is 5.73 Å². The second-order valence-corrected chi connectivity index (χ2v) is 4.35. The van der Waals surface area contributed by atoms with E-state index in [2.05, 4.69) is 41.3 Å². The third-order valence-electron chi connectivity index (χ3n) is 3.00. The molecule has 3 N–H and O–H groups in total. The van der Waals surface area contributed by atoms with Gasteiger partial charge in [-0.3, -0.25) is 4.68 Å². The van der Waals surface area contributed by atoms with Crippen LogP contribution in [0.2, 0.25) is 0 Å². The van der Waals surface area contributed by atoms with Gasteiger partial charge in [0, 0.05) is 18.0 Å². The van der Waals surface area contributed by atoms with Crippen LogP contribution in [0.15, 0.2) is 30.5 Å². The first-order valence-electron chi connectivity index (χ1n) is 5.52. The third-order valence-corrected chi connectivity index (χ3v) is 3.00. The molecule has 0 unspecified atom stereocenters. The number of nitrogens with two attached hydrogens (primary N) is 1. The van der Waals surface area contributed by atoms with Crippen molar-refractivity contribution in [3.8, 4) is 11.4 Å². The molecule has 0 aliphatic rings. The molecule has 0 amide bonds. The third kappa shape index (κ3) is 1.49. The van der Waals surface area contributed by atoms with Crippen LogP contribution in [0.3, 0.4) is 0 Å². The summed E-state index contributed by atoms with van der Waals surface area (Å²) in [5.41, 5.74) is 10.9. The van der Waals surface area contributed by atoms with Gasteiger partial charge in [0.15, 0.2) is 0 Å². The Labute approximate surface area is 99.1 Å². The molecule has 3 rings (SSSR count). The number of nitrogens with one attached hydrogen (secondary N) is 1. The molecule has 17 heavy (non-hydrogen) atoms. The molecule has 0 fully saturated rings. The predicted molar refractivity (Wildman–Crippen MR) is 69.7 cm³/mol. The van der Waals surface area contributed by atoms with Crippen LogP contribution in [0.4, 0.5) is 5.69 Å². The average Bonchev–Trinajstić information content (AvgIpc) is 2.81. The first-order chi connectivity index (χ1) is 8.15. The van der Waals surface area contributed by atoms with E-state index >= 15 is 0 Å². The number of fused-ring (bicyclic) bond motifs is 1. The molecule has 4 heteroatoms. The summed E-state index contributed by atoms with van der Waals surface area (Å²) in [5, 5.41) is 5.35. The van der Waals surface area contributed by atoms with Gasteiger partial charge in [0.2, 0.25) is 0 Å². The lowest BCUT2D eigenvalue weighted by atomic mass is 10.2. The smallest absolute Gasteiger partial charge is 0.107 e. The SMILES string of the molecule is Cc1ccc2[nH]c(-c3c(N)cnn3C)cc2c1. The van der Waals surface area contributed by atoms with Gasteiger partial charge in [-0.15, -0.1) is 0 Å². The van der Waals surface area contributed by atoms with Crippen LogP contribution in [0, 0.1) is 6.92 Å². The first kappa shape index (κ1) is 9.96. The number of H-pyrrole nitrogens is 1. The number of hydrogen-bond acceptors (Lipinski definition) is 2. The Kier molecular flexibility index (Phi) is 1.98. The zero-order chi connectivity index (χ0) is 12.0. The van der Waals surface area contributed by atoms with Gasteiger partial charge in [0.1, 0.15) is 5.69 Å². The van der Waals surface area contributed by atoms with Gasteiger partial charge < -0.3 is 10.7 Å². The summed E-state index contributed by atoms with van der Waals surface area (Å²) in [6.45, 7) is 2.09. The molecule has 3 aromatic rings. The fraction of sp³-hybridized carbons (Fsp3) is 0.154. The lowest BCUT2D eigenvalue weighted by Gasteiger charge is -1.99. The van der Waals surface area contributed by atoms with Crippen molar-refractivity contribution < 1.29 is 0 Å². The van der Waals surface area contributed by atoms with Gasteiger partial charge >= 0.3 is 0 Å². The summed E-state index contributed by atoms with van der Waals surface area (Å²) >= 11 is 0. The van der Waals surface area contributed by atoms with Crippen molar-refractivity contribution in [3.05, 3.63) is 36.0 Å². The Morgan fingerprint density at radius 1 is 1.29 bits per heavy atom. The van der Waals surface area contributed by atoms with Crippen LogP contribution in [-0.2, 0) is 7.05 Å². The molecule has 0 radical (unpaired) electrons. The highest BCUT2D eigenvalue weighted by Crippen LogP contribution is 2.28. The van der Waals surface area contributed by atoms with Gasteiger partial charge in [0.05, 0.1) is 17.6 Å². The summed E-state index contributed by atoms with van der Waals surface area (Å²) in [5.74, 6) is 0. The maximum absolute atomic E-state index is 5.92. The van der Waals surface area contributed by atoms with Crippen molar-refractivity contribution >= 4 is 16.6 Å². The minimum atomic E-state index is 0.691. The van der Waals surface area contributed by atoms with E-state index < -0.39 is 0 Å². The van der Waals surface area contributed by atoms with Crippen molar-refractivity contribution in [3.63, 3.8) is 0 Å². The number of nitrogens with zero attached hydrogens (tertiary/aromatic N) is 2. The topological polar surface area (TPSA) is 59.6 Å². The van der Waals surface area contributed by atoms with Crippen LogP contribution < -0.4 is 5.73 Å². The van der Waals surface area contributed by atoms with E-state index in [1.54, 1.807) is 10.9 Å². The molecule has 86 valence electrons. The molecular formula is C13H14N4. The van der Waals surface area contributed by atoms with Gasteiger partial charge in [-0.2, -0.15) is 5.10 Å².